The molecule has 9 heteroatoms. The van der Waals surface area contributed by atoms with Gasteiger partial charge in [-0.05, 0) is 6.42 Å². The van der Waals surface area contributed by atoms with Crippen LogP contribution in [-0.2, 0) is 21.3 Å². The molecule has 0 amide bonds. The third kappa shape index (κ3) is 11.7. The Balaban J connectivity index is 0. The standard InChI is InChI=1S/C8H13.C5H2F6O2.Ni/c1-2-4-6-8-7-5-3-1;6-4(7,8)2(12)1-3(13)5(9,10)11;/h1-2,7H,3-6,8H2;1,12H;/q-1;;/b2*2-1-;. The summed E-state index contributed by atoms with van der Waals surface area (Å²) in [6, 6.07) is 0. The van der Waals surface area contributed by atoms with E-state index in [1.807, 2.05) is 0 Å². The zero-order valence-corrected chi connectivity index (χ0v) is 12.3. The summed E-state index contributed by atoms with van der Waals surface area (Å²) < 4.78 is 68.1. The van der Waals surface area contributed by atoms with Gasteiger partial charge >= 0.3 is 12.4 Å². The quantitative estimate of drug-likeness (QED) is 0.178. The van der Waals surface area contributed by atoms with Crippen LogP contribution in [0.4, 0.5) is 26.3 Å². The molecule has 0 aromatic carbocycles. The fourth-order valence-corrected chi connectivity index (χ4v) is 1.26. The molecule has 0 heterocycles. The third-order valence-corrected chi connectivity index (χ3v) is 2.32. The largest absolute Gasteiger partial charge is 0.504 e. The van der Waals surface area contributed by atoms with Crippen molar-refractivity contribution in [2.24, 2.45) is 0 Å². The third-order valence-electron chi connectivity index (χ3n) is 2.32. The second-order valence-electron chi connectivity index (χ2n) is 4.16. The van der Waals surface area contributed by atoms with Crippen LogP contribution in [0.2, 0.25) is 0 Å². The van der Waals surface area contributed by atoms with E-state index in [4.69, 9.17) is 5.11 Å². The van der Waals surface area contributed by atoms with E-state index in [0.717, 1.165) is 0 Å². The zero-order valence-electron chi connectivity index (χ0n) is 11.3. The van der Waals surface area contributed by atoms with E-state index in [-0.39, 0.29) is 16.5 Å². The Morgan fingerprint density at radius 1 is 1.00 bits per heavy atom. The van der Waals surface area contributed by atoms with Crippen LogP contribution >= 0.6 is 0 Å². The van der Waals surface area contributed by atoms with Crippen LogP contribution in [0.15, 0.2) is 24.0 Å². The molecule has 132 valence electrons. The Bertz CT molecular complexity index is 375. The minimum absolute atomic E-state index is 0. The molecule has 0 radical (unpaired) electrons. The van der Waals surface area contributed by atoms with Crippen molar-refractivity contribution >= 4 is 5.78 Å². The first kappa shape index (κ1) is 23.3. The molecule has 0 aromatic rings. The van der Waals surface area contributed by atoms with Gasteiger partial charge in [0.25, 0.3) is 5.78 Å². The summed E-state index contributed by atoms with van der Waals surface area (Å²) >= 11 is 0. The van der Waals surface area contributed by atoms with Crippen LogP contribution in [0.25, 0.3) is 0 Å². The fourth-order valence-electron chi connectivity index (χ4n) is 1.26. The van der Waals surface area contributed by atoms with Crippen LogP contribution < -0.4 is 0 Å². The van der Waals surface area contributed by atoms with Crippen molar-refractivity contribution in [2.75, 3.05) is 0 Å². The van der Waals surface area contributed by atoms with Crippen LogP contribution in [0.5, 0.6) is 0 Å². The van der Waals surface area contributed by atoms with Crippen LogP contribution in [0.1, 0.15) is 32.1 Å². The zero-order chi connectivity index (χ0) is 16.5. The Morgan fingerprint density at radius 2 is 1.55 bits per heavy atom. The van der Waals surface area contributed by atoms with Gasteiger partial charge in [0.2, 0.25) is 5.76 Å². The molecule has 1 N–H and O–H groups in total. The second kappa shape index (κ2) is 10.7. The van der Waals surface area contributed by atoms with Gasteiger partial charge in [-0.2, -0.15) is 39.2 Å². The molecule has 0 aliphatic heterocycles. The van der Waals surface area contributed by atoms with Crippen molar-refractivity contribution in [1.82, 2.24) is 0 Å². The van der Waals surface area contributed by atoms with E-state index < -0.39 is 30.0 Å². The minimum Gasteiger partial charge on any atom is -0.504 e. The maximum absolute atomic E-state index is 11.4. The number of aliphatic hydroxyl groups is 1. The number of alkyl halides is 6. The molecule has 22 heavy (non-hydrogen) atoms. The molecule has 0 bridgehead atoms. The van der Waals surface area contributed by atoms with Crippen molar-refractivity contribution in [3.63, 3.8) is 0 Å². The minimum atomic E-state index is -5.42. The Hall–Kier alpha value is -0.976. The number of hydrogen-bond acceptors (Lipinski definition) is 2. The molecule has 0 aromatic heterocycles. The van der Waals surface area contributed by atoms with Gasteiger partial charge in [-0.25, -0.2) is 0 Å². The molecule has 1 aliphatic carbocycles. The smallest absolute Gasteiger partial charge is 0.454 e. The maximum Gasteiger partial charge on any atom is 0.454 e. The SMILES string of the molecule is C1=C\CCC[CH-]CC/1.O=C(/C=C(\O)C(F)(F)F)C(F)(F)F.[Ni]. The molecule has 0 spiro atoms. The van der Waals surface area contributed by atoms with Crippen LogP contribution in [-0.4, -0.2) is 23.2 Å². The fraction of sp³-hybridized carbons (Fsp3) is 0.538. The van der Waals surface area contributed by atoms with E-state index >= 15 is 0 Å². The van der Waals surface area contributed by atoms with Crippen LogP contribution in [0.3, 0.4) is 0 Å². The number of carbonyl (C=O) groups excluding carboxylic acids is 1. The van der Waals surface area contributed by atoms with Crippen molar-refractivity contribution in [2.45, 2.75) is 44.5 Å². The van der Waals surface area contributed by atoms with Crippen LogP contribution in [0, 0.1) is 6.42 Å². The van der Waals surface area contributed by atoms with E-state index in [0.29, 0.717) is 0 Å². The Labute approximate surface area is 134 Å². The van der Waals surface area contributed by atoms with Crippen molar-refractivity contribution < 1.29 is 52.7 Å². The maximum atomic E-state index is 11.4. The average Bonchev–Trinajstić information content (AvgIpc) is 2.25. The van der Waals surface area contributed by atoms with Gasteiger partial charge < -0.3 is 11.5 Å². The number of carbonyl (C=O) groups is 1. The van der Waals surface area contributed by atoms with E-state index in [9.17, 15) is 31.1 Å². The molecule has 0 atom stereocenters. The van der Waals surface area contributed by atoms with Crippen molar-refractivity contribution in [1.29, 1.82) is 0 Å². The summed E-state index contributed by atoms with van der Waals surface area (Å²) in [6.07, 6.45) is 1.82. The molecule has 0 saturated heterocycles. The molecule has 2 nitrogen and oxygen atoms in total. The van der Waals surface area contributed by atoms with Crippen molar-refractivity contribution in [3.05, 3.63) is 30.4 Å². The predicted octanol–water partition coefficient (Wildman–Crippen LogP) is 4.83. The molecule has 1 aliphatic rings. The van der Waals surface area contributed by atoms with Gasteiger partial charge in [-0.15, -0.1) is 0 Å². The predicted molar refractivity (Wildman–Crippen MR) is 64.4 cm³/mol. The van der Waals surface area contributed by atoms with Gasteiger partial charge in [-0.3, -0.25) is 4.79 Å². The molecule has 0 saturated carbocycles. The molecular formula is C13H15F6NiO2-. The molecule has 0 fully saturated rings. The summed E-state index contributed by atoms with van der Waals surface area (Å²) in [5.74, 6) is -5.34. The number of allylic oxidation sites excluding steroid dienone is 4. The van der Waals surface area contributed by atoms with E-state index in [1.165, 1.54) is 32.1 Å². The summed E-state index contributed by atoms with van der Waals surface area (Å²) in [6.45, 7) is 0. The summed E-state index contributed by atoms with van der Waals surface area (Å²) in [5, 5.41) is 7.93. The van der Waals surface area contributed by atoms with Gasteiger partial charge in [-0.1, -0.05) is 25.0 Å². The Kier molecular flexibility index (Phi) is 11.3. The first-order chi connectivity index (χ1) is 9.55. The number of halogens is 6. The number of aliphatic hydroxyl groups excluding tert-OH is 1. The number of hydrogen-bond donors (Lipinski definition) is 1. The first-order valence-corrected chi connectivity index (χ1v) is 6.11. The summed E-state index contributed by atoms with van der Waals surface area (Å²) in [7, 11) is 0. The van der Waals surface area contributed by atoms with Gasteiger partial charge in [0.15, 0.2) is 0 Å². The second-order valence-corrected chi connectivity index (χ2v) is 4.16. The average molecular weight is 376 g/mol. The Morgan fingerprint density at radius 3 is 2.05 bits per heavy atom. The number of rotatable bonds is 1. The van der Waals surface area contributed by atoms with Gasteiger partial charge in [0, 0.05) is 22.6 Å². The molecular weight excluding hydrogens is 361 g/mol. The monoisotopic (exact) mass is 375 g/mol. The van der Waals surface area contributed by atoms with Crippen molar-refractivity contribution in [3.8, 4) is 0 Å². The van der Waals surface area contributed by atoms with E-state index in [2.05, 4.69) is 18.6 Å². The molecule has 1 rings (SSSR count). The van der Waals surface area contributed by atoms with Gasteiger partial charge in [0.05, 0.1) is 0 Å². The summed E-state index contributed by atoms with van der Waals surface area (Å²) in [5.41, 5.74) is 0. The summed E-state index contributed by atoms with van der Waals surface area (Å²) in [4.78, 5) is 9.86. The molecule has 0 unspecified atom stereocenters. The normalized spacial score (nSPS) is 18.0. The first-order valence-electron chi connectivity index (χ1n) is 6.11. The number of ketones is 1. The topological polar surface area (TPSA) is 37.3 Å². The van der Waals surface area contributed by atoms with Gasteiger partial charge in [0.1, 0.15) is 0 Å². The van der Waals surface area contributed by atoms with E-state index in [1.54, 1.807) is 0 Å².